The molecule has 130 valence electrons. The zero-order chi connectivity index (χ0) is 17.4. The van der Waals surface area contributed by atoms with Crippen molar-refractivity contribution in [3.63, 3.8) is 0 Å². The summed E-state index contributed by atoms with van der Waals surface area (Å²) in [7, 11) is 0. The summed E-state index contributed by atoms with van der Waals surface area (Å²) >= 11 is 6.52. The lowest BCUT2D eigenvalue weighted by atomic mass is 10.2. The average Bonchev–Trinajstić information content (AvgIpc) is 3.00. The van der Waals surface area contributed by atoms with Gasteiger partial charge in [-0.3, -0.25) is 4.79 Å². The smallest absolute Gasteiger partial charge is 0.226 e. The lowest BCUT2D eigenvalue weighted by molar-refractivity contribution is -0.116. The SMILES string of the molecule is CCSc1nnc(NC(=O)CCCOc2ccc(CC)cc2Br)s1. The number of rotatable bonds is 9. The van der Waals surface area contributed by atoms with Crippen LogP contribution in [0.4, 0.5) is 5.13 Å². The third kappa shape index (κ3) is 6.07. The maximum Gasteiger partial charge on any atom is 0.226 e. The second-order valence-electron chi connectivity index (χ2n) is 4.92. The van der Waals surface area contributed by atoms with Gasteiger partial charge in [0, 0.05) is 6.42 Å². The zero-order valence-corrected chi connectivity index (χ0v) is 16.9. The van der Waals surface area contributed by atoms with Crippen LogP contribution in [0.25, 0.3) is 0 Å². The summed E-state index contributed by atoms with van der Waals surface area (Å²) in [6.45, 7) is 4.66. The van der Waals surface area contributed by atoms with Crippen LogP contribution in [0, 0.1) is 0 Å². The number of amides is 1. The van der Waals surface area contributed by atoms with Crippen LogP contribution in [0.3, 0.4) is 0 Å². The Morgan fingerprint density at radius 3 is 2.92 bits per heavy atom. The van der Waals surface area contributed by atoms with Gasteiger partial charge in [0.2, 0.25) is 11.0 Å². The highest BCUT2D eigenvalue weighted by Gasteiger charge is 2.08. The van der Waals surface area contributed by atoms with Crippen molar-refractivity contribution in [3.05, 3.63) is 28.2 Å². The molecule has 0 bridgehead atoms. The Hall–Kier alpha value is -1.12. The highest BCUT2D eigenvalue weighted by atomic mass is 79.9. The Labute approximate surface area is 158 Å². The fraction of sp³-hybridized carbons (Fsp3) is 0.438. The van der Waals surface area contributed by atoms with Gasteiger partial charge in [0.25, 0.3) is 0 Å². The number of hydrogen-bond acceptors (Lipinski definition) is 6. The maximum absolute atomic E-state index is 11.9. The van der Waals surface area contributed by atoms with Crippen molar-refractivity contribution < 1.29 is 9.53 Å². The van der Waals surface area contributed by atoms with Crippen LogP contribution in [0.15, 0.2) is 27.0 Å². The molecule has 0 spiro atoms. The molecule has 0 aliphatic rings. The van der Waals surface area contributed by atoms with Gasteiger partial charge < -0.3 is 10.1 Å². The van der Waals surface area contributed by atoms with Gasteiger partial charge in [0.05, 0.1) is 11.1 Å². The number of carbonyl (C=O) groups excluding carboxylic acids is 1. The van der Waals surface area contributed by atoms with Crippen molar-refractivity contribution in [3.8, 4) is 5.75 Å². The molecule has 2 aromatic rings. The summed E-state index contributed by atoms with van der Waals surface area (Å²) in [6.07, 6.45) is 2.02. The van der Waals surface area contributed by atoms with Crippen LogP contribution in [-0.2, 0) is 11.2 Å². The number of aryl methyl sites for hydroxylation is 1. The molecule has 0 atom stereocenters. The van der Waals surface area contributed by atoms with Crippen LogP contribution in [0.2, 0.25) is 0 Å². The maximum atomic E-state index is 11.9. The van der Waals surface area contributed by atoms with E-state index in [0.29, 0.717) is 24.6 Å². The topological polar surface area (TPSA) is 64.1 Å². The largest absolute Gasteiger partial charge is 0.492 e. The number of nitrogens with zero attached hydrogens (tertiary/aromatic N) is 2. The average molecular weight is 430 g/mol. The number of hydrogen-bond donors (Lipinski definition) is 1. The first kappa shape index (κ1) is 19.2. The van der Waals surface area contributed by atoms with E-state index in [9.17, 15) is 4.79 Å². The van der Waals surface area contributed by atoms with Crippen LogP contribution >= 0.6 is 39.0 Å². The van der Waals surface area contributed by atoms with Crippen molar-refractivity contribution in [2.45, 2.75) is 37.4 Å². The molecule has 0 radical (unpaired) electrons. The minimum absolute atomic E-state index is 0.0665. The van der Waals surface area contributed by atoms with Gasteiger partial charge in [-0.1, -0.05) is 43.0 Å². The molecule has 0 unspecified atom stereocenters. The summed E-state index contributed by atoms with van der Waals surface area (Å²) in [5.74, 6) is 1.68. The number of nitrogens with one attached hydrogen (secondary N) is 1. The Morgan fingerprint density at radius 2 is 2.21 bits per heavy atom. The van der Waals surface area contributed by atoms with Gasteiger partial charge in [-0.05, 0) is 52.2 Å². The van der Waals surface area contributed by atoms with Gasteiger partial charge in [-0.2, -0.15) is 0 Å². The molecule has 5 nitrogen and oxygen atoms in total. The van der Waals surface area contributed by atoms with Gasteiger partial charge in [0.15, 0.2) is 4.34 Å². The van der Waals surface area contributed by atoms with Gasteiger partial charge in [-0.25, -0.2) is 0 Å². The molecule has 0 saturated carbocycles. The van der Waals surface area contributed by atoms with Crippen LogP contribution in [-0.4, -0.2) is 28.5 Å². The predicted octanol–water partition coefficient (Wildman–Crippen LogP) is 4.77. The molecular weight excluding hydrogens is 410 g/mol. The molecule has 8 heteroatoms. The van der Waals surface area contributed by atoms with E-state index in [1.807, 2.05) is 12.1 Å². The van der Waals surface area contributed by atoms with E-state index in [2.05, 4.69) is 51.4 Å². The monoisotopic (exact) mass is 429 g/mol. The number of benzene rings is 1. The van der Waals surface area contributed by atoms with Crippen LogP contribution in [0.1, 0.15) is 32.3 Å². The Bertz CT molecular complexity index is 679. The predicted molar refractivity (Wildman–Crippen MR) is 103 cm³/mol. The zero-order valence-electron chi connectivity index (χ0n) is 13.7. The lowest BCUT2D eigenvalue weighted by Crippen LogP contribution is -2.12. The molecular formula is C16H20BrN3O2S2. The van der Waals surface area contributed by atoms with Gasteiger partial charge >= 0.3 is 0 Å². The third-order valence-electron chi connectivity index (χ3n) is 3.13. The van der Waals surface area contributed by atoms with Crippen molar-refractivity contribution in [1.29, 1.82) is 0 Å². The summed E-state index contributed by atoms with van der Waals surface area (Å²) in [4.78, 5) is 11.9. The fourth-order valence-electron chi connectivity index (χ4n) is 1.92. The van der Waals surface area contributed by atoms with Gasteiger partial charge in [0.1, 0.15) is 5.75 Å². The summed E-state index contributed by atoms with van der Waals surface area (Å²) in [5.41, 5.74) is 1.26. The first-order valence-electron chi connectivity index (χ1n) is 7.79. The van der Waals surface area contributed by atoms with E-state index in [1.54, 1.807) is 11.8 Å². The summed E-state index contributed by atoms with van der Waals surface area (Å²) in [6, 6.07) is 6.06. The molecule has 1 amide bonds. The van der Waals surface area contributed by atoms with Crippen LogP contribution < -0.4 is 10.1 Å². The molecule has 0 saturated heterocycles. The molecule has 0 aliphatic carbocycles. The second-order valence-corrected chi connectivity index (χ2v) is 8.27. The molecule has 1 N–H and O–H groups in total. The number of anilines is 1. The van der Waals surface area contributed by atoms with E-state index in [-0.39, 0.29) is 5.91 Å². The second kappa shape index (κ2) is 10.0. The molecule has 1 aromatic carbocycles. The summed E-state index contributed by atoms with van der Waals surface area (Å²) in [5, 5.41) is 11.3. The first-order chi connectivity index (χ1) is 11.6. The van der Waals surface area contributed by atoms with Crippen molar-refractivity contribution in [1.82, 2.24) is 10.2 Å². The van der Waals surface area contributed by atoms with Crippen LogP contribution in [0.5, 0.6) is 5.75 Å². The minimum atomic E-state index is -0.0665. The Morgan fingerprint density at radius 1 is 1.38 bits per heavy atom. The number of thioether (sulfide) groups is 1. The molecule has 0 aliphatic heterocycles. The summed E-state index contributed by atoms with van der Waals surface area (Å²) < 4.78 is 7.53. The molecule has 24 heavy (non-hydrogen) atoms. The standard InChI is InChI=1S/C16H20BrN3O2S2/c1-3-11-7-8-13(12(17)10-11)22-9-5-6-14(21)18-15-19-20-16(24-15)23-4-2/h7-8,10H,3-6,9H2,1-2H3,(H,18,19,21). The van der Waals surface area contributed by atoms with E-state index in [1.165, 1.54) is 16.9 Å². The van der Waals surface area contributed by atoms with Crippen molar-refractivity contribution in [2.24, 2.45) is 0 Å². The quantitative estimate of drug-likeness (QED) is 0.353. The molecule has 2 rings (SSSR count). The molecule has 0 fully saturated rings. The Kier molecular flexibility index (Phi) is 8.01. The normalized spacial score (nSPS) is 10.6. The minimum Gasteiger partial charge on any atom is -0.492 e. The van der Waals surface area contributed by atoms with Gasteiger partial charge in [-0.15, -0.1) is 10.2 Å². The third-order valence-corrected chi connectivity index (χ3v) is 5.60. The highest BCUT2D eigenvalue weighted by molar-refractivity contribution is 9.10. The fourth-order valence-corrected chi connectivity index (χ4v) is 4.13. The molecule has 1 aromatic heterocycles. The van der Waals surface area contributed by atoms with E-state index in [4.69, 9.17) is 4.74 Å². The van der Waals surface area contributed by atoms with Crippen molar-refractivity contribution in [2.75, 3.05) is 17.7 Å². The highest BCUT2D eigenvalue weighted by Crippen LogP contribution is 2.27. The van der Waals surface area contributed by atoms with E-state index < -0.39 is 0 Å². The van der Waals surface area contributed by atoms with E-state index in [0.717, 1.165) is 26.7 Å². The number of carbonyl (C=O) groups is 1. The Balaban J connectivity index is 1.70. The lowest BCUT2D eigenvalue weighted by Gasteiger charge is -2.09. The number of halogens is 1. The number of ether oxygens (including phenoxy) is 1. The molecule has 1 heterocycles. The first-order valence-corrected chi connectivity index (χ1v) is 10.4. The van der Waals surface area contributed by atoms with E-state index >= 15 is 0 Å². The number of aromatic nitrogens is 2. The van der Waals surface area contributed by atoms with Crippen molar-refractivity contribution >= 4 is 50.1 Å².